The topological polar surface area (TPSA) is 41.6 Å². The van der Waals surface area contributed by atoms with Crippen molar-refractivity contribution in [3.05, 3.63) is 12.2 Å². The maximum absolute atomic E-state index is 12.6. The summed E-state index contributed by atoms with van der Waals surface area (Å²) < 4.78 is 5.89. The van der Waals surface area contributed by atoms with Gasteiger partial charge in [0.25, 0.3) is 0 Å². The molecule has 30 heavy (non-hydrogen) atoms. The maximum Gasteiger partial charge on any atom is 0.310 e. The zero-order valence-corrected chi connectivity index (χ0v) is 19.9. The number of nitrogens with one attached hydrogen (secondary N) is 1. The number of unbranched alkanes of at least 4 members (excludes halogenated alkanes) is 2. The highest BCUT2D eigenvalue weighted by Gasteiger charge is 2.54. The number of ether oxygens (including phenoxy) is 1. The van der Waals surface area contributed by atoms with Crippen molar-refractivity contribution < 1.29 is 9.53 Å². The predicted molar refractivity (Wildman–Crippen MR) is 124 cm³/mol. The van der Waals surface area contributed by atoms with Gasteiger partial charge in [-0.3, -0.25) is 4.79 Å². The van der Waals surface area contributed by atoms with Gasteiger partial charge in [-0.05, 0) is 88.9 Å². The molecule has 4 nitrogen and oxygen atoms in total. The van der Waals surface area contributed by atoms with Crippen LogP contribution in [0.15, 0.2) is 12.2 Å². The minimum Gasteiger partial charge on any atom is -0.462 e. The molecule has 2 aliphatic carbocycles. The smallest absolute Gasteiger partial charge is 0.310 e. The number of hydrogen-bond donors (Lipinski definition) is 1. The van der Waals surface area contributed by atoms with Gasteiger partial charge in [0.2, 0.25) is 0 Å². The van der Waals surface area contributed by atoms with E-state index >= 15 is 0 Å². The van der Waals surface area contributed by atoms with E-state index in [0.29, 0.717) is 17.3 Å². The summed E-state index contributed by atoms with van der Waals surface area (Å²) in [4.78, 5) is 15.3. The number of nitrogens with zero attached hydrogens (tertiary/aromatic N) is 1. The van der Waals surface area contributed by atoms with Gasteiger partial charge in [0.15, 0.2) is 0 Å². The second-order valence-corrected chi connectivity index (χ2v) is 10.5. The van der Waals surface area contributed by atoms with Gasteiger partial charge >= 0.3 is 5.97 Å². The van der Waals surface area contributed by atoms with Crippen molar-refractivity contribution in [3.8, 4) is 0 Å². The minimum absolute atomic E-state index is 0.0329. The average molecular weight is 419 g/mol. The Kier molecular flexibility index (Phi) is 8.82. The standard InChI is InChI=1S/C26H46N2O2/c1-5-7-14-28(15-8-6-2)16-10-13-27-19-22-21-17-23-20(3)11-9-12-26(23,4)18-24(21)30-25(22)29/h21-24,27H,3,5-19H2,1-2,4H3/t21-,22+,23+,24-,26-/m1/s1. The summed E-state index contributed by atoms with van der Waals surface area (Å²) in [6.07, 6.45) is 12.2. The number of rotatable bonds is 12. The van der Waals surface area contributed by atoms with Gasteiger partial charge < -0.3 is 15.0 Å². The summed E-state index contributed by atoms with van der Waals surface area (Å²) in [7, 11) is 0. The van der Waals surface area contributed by atoms with Crippen LogP contribution in [-0.2, 0) is 9.53 Å². The van der Waals surface area contributed by atoms with Crippen LogP contribution >= 0.6 is 0 Å². The van der Waals surface area contributed by atoms with Crippen LogP contribution in [0.4, 0.5) is 0 Å². The van der Waals surface area contributed by atoms with Gasteiger partial charge in [0, 0.05) is 12.5 Å². The maximum atomic E-state index is 12.6. The molecule has 0 amide bonds. The van der Waals surface area contributed by atoms with E-state index in [9.17, 15) is 4.79 Å². The van der Waals surface area contributed by atoms with Gasteiger partial charge in [-0.15, -0.1) is 0 Å². The molecule has 5 atom stereocenters. The van der Waals surface area contributed by atoms with E-state index in [1.807, 2.05) is 0 Å². The van der Waals surface area contributed by atoms with Crippen LogP contribution in [-0.4, -0.2) is 49.7 Å². The summed E-state index contributed by atoms with van der Waals surface area (Å²) in [6.45, 7) is 16.7. The number of carbonyl (C=O) groups is 1. The fourth-order valence-electron chi connectivity index (χ4n) is 6.27. The lowest BCUT2D eigenvalue weighted by Crippen LogP contribution is -2.45. The quantitative estimate of drug-likeness (QED) is 0.269. The minimum atomic E-state index is 0.0329. The first-order chi connectivity index (χ1) is 14.5. The van der Waals surface area contributed by atoms with Crippen molar-refractivity contribution in [2.75, 3.05) is 32.7 Å². The molecule has 0 aromatic carbocycles. The fraction of sp³-hybridized carbons (Fsp3) is 0.885. The van der Waals surface area contributed by atoms with Gasteiger partial charge in [0.05, 0.1) is 5.92 Å². The molecule has 3 fully saturated rings. The number of esters is 1. The molecule has 0 aromatic rings. The third kappa shape index (κ3) is 5.68. The summed E-state index contributed by atoms with van der Waals surface area (Å²) in [6, 6.07) is 0. The van der Waals surface area contributed by atoms with E-state index < -0.39 is 0 Å². The summed E-state index contributed by atoms with van der Waals surface area (Å²) >= 11 is 0. The summed E-state index contributed by atoms with van der Waals surface area (Å²) in [5, 5.41) is 3.60. The highest BCUT2D eigenvalue weighted by Crippen LogP contribution is 2.56. The van der Waals surface area contributed by atoms with E-state index in [4.69, 9.17) is 4.74 Å². The van der Waals surface area contributed by atoms with Crippen LogP contribution in [0.3, 0.4) is 0 Å². The fourth-order valence-corrected chi connectivity index (χ4v) is 6.27. The second-order valence-electron chi connectivity index (χ2n) is 10.5. The van der Waals surface area contributed by atoms with Crippen molar-refractivity contribution in [2.45, 2.75) is 91.1 Å². The van der Waals surface area contributed by atoms with Crippen molar-refractivity contribution in [2.24, 2.45) is 23.2 Å². The highest BCUT2D eigenvalue weighted by atomic mass is 16.6. The molecule has 0 spiro atoms. The number of hydrogen-bond acceptors (Lipinski definition) is 4. The van der Waals surface area contributed by atoms with Gasteiger partial charge in [-0.2, -0.15) is 0 Å². The zero-order valence-electron chi connectivity index (χ0n) is 19.9. The predicted octanol–water partition coefficient (Wildman–Crippen LogP) is 5.18. The first kappa shape index (κ1) is 23.8. The van der Waals surface area contributed by atoms with Crippen LogP contribution in [0, 0.1) is 23.2 Å². The van der Waals surface area contributed by atoms with Crippen molar-refractivity contribution in [1.82, 2.24) is 10.2 Å². The van der Waals surface area contributed by atoms with Crippen molar-refractivity contribution in [3.63, 3.8) is 0 Å². The van der Waals surface area contributed by atoms with Crippen LogP contribution < -0.4 is 5.32 Å². The molecule has 3 aliphatic rings. The first-order valence-corrected chi connectivity index (χ1v) is 12.8. The molecule has 4 heteroatoms. The lowest BCUT2D eigenvalue weighted by Gasteiger charge is -2.50. The lowest BCUT2D eigenvalue weighted by atomic mass is 9.55. The molecule has 0 radical (unpaired) electrons. The van der Waals surface area contributed by atoms with Gasteiger partial charge in [0.1, 0.15) is 6.10 Å². The molecule has 3 rings (SSSR count). The SMILES string of the molecule is C=C1CCC[C@]2(C)C[C@H]3OC(=O)[C@@H](CNCCCN(CCCC)CCCC)[C@H]3C[C@@H]12. The van der Waals surface area contributed by atoms with Crippen molar-refractivity contribution >= 4 is 5.97 Å². The first-order valence-electron chi connectivity index (χ1n) is 12.8. The third-order valence-corrected chi connectivity index (χ3v) is 8.17. The summed E-state index contributed by atoms with van der Waals surface area (Å²) in [5.41, 5.74) is 1.71. The Labute approximate surface area is 185 Å². The lowest BCUT2D eigenvalue weighted by molar-refractivity contribution is -0.146. The van der Waals surface area contributed by atoms with E-state index in [2.05, 4.69) is 37.6 Å². The zero-order chi connectivity index (χ0) is 21.6. The Hall–Kier alpha value is -0.870. The van der Waals surface area contributed by atoms with Gasteiger partial charge in [-0.25, -0.2) is 0 Å². The molecule has 0 aromatic heterocycles. The van der Waals surface area contributed by atoms with E-state index in [0.717, 1.165) is 38.9 Å². The Morgan fingerprint density at radius 3 is 2.57 bits per heavy atom. The molecule has 1 heterocycles. The second kappa shape index (κ2) is 11.1. The monoisotopic (exact) mass is 418 g/mol. The van der Waals surface area contributed by atoms with Crippen LogP contribution in [0.2, 0.25) is 0 Å². The molecule has 2 saturated carbocycles. The molecule has 0 bridgehead atoms. The number of carbonyl (C=O) groups excluding carboxylic acids is 1. The number of allylic oxidation sites excluding steroid dienone is 1. The van der Waals surface area contributed by atoms with E-state index in [-0.39, 0.29) is 18.0 Å². The molecule has 0 unspecified atom stereocenters. The van der Waals surface area contributed by atoms with Crippen LogP contribution in [0.25, 0.3) is 0 Å². The molecular formula is C26H46N2O2. The number of fused-ring (bicyclic) bond motifs is 2. The Morgan fingerprint density at radius 2 is 1.87 bits per heavy atom. The summed E-state index contributed by atoms with van der Waals surface area (Å²) in [5.74, 6) is 1.03. The molecule has 1 N–H and O–H groups in total. The Morgan fingerprint density at radius 1 is 1.17 bits per heavy atom. The molecular weight excluding hydrogens is 372 g/mol. The Bertz CT molecular complexity index is 569. The molecule has 1 aliphatic heterocycles. The van der Waals surface area contributed by atoms with Crippen LogP contribution in [0.1, 0.15) is 85.0 Å². The molecule has 1 saturated heterocycles. The largest absolute Gasteiger partial charge is 0.462 e. The average Bonchev–Trinajstić information content (AvgIpc) is 3.01. The van der Waals surface area contributed by atoms with E-state index in [1.54, 1.807) is 0 Å². The third-order valence-electron chi connectivity index (χ3n) is 8.17. The van der Waals surface area contributed by atoms with Gasteiger partial charge in [-0.1, -0.05) is 45.8 Å². The van der Waals surface area contributed by atoms with E-state index in [1.165, 1.54) is 63.6 Å². The van der Waals surface area contributed by atoms with Crippen molar-refractivity contribution in [1.29, 1.82) is 0 Å². The Balaban J connectivity index is 1.44. The normalized spacial score (nSPS) is 33.5. The molecule has 172 valence electrons. The van der Waals surface area contributed by atoms with Crippen LogP contribution in [0.5, 0.6) is 0 Å². The highest BCUT2D eigenvalue weighted by molar-refractivity contribution is 5.75.